The van der Waals surface area contributed by atoms with Crippen LogP contribution >= 0.6 is 22.7 Å². The second kappa shape index (κ2) is 7.45. The Kier molecular flexibility index (Phi) is 5.05. The van der Waals surface area contributed by atoms with Crippen LogP contribution in [0.3, 0.4) is 0 Å². The van der Waals surface area contributed by atoms with E-state index in [4.69, 9.17) is 4.98 Å². The van der Waals surface area contributed by atoms with E-state index in [1.54, 1.807) is 22.7 Å². The SMILES string of the molecule is CCCCc1nc(C)c(C(=O)N2CCCC2c2nc3ccccc3s2)s1. The summed E-state index contributed by atoms with van der Waals surface area (Å²) in [6.07, 6.45) is 5.27. The van der Waals surface area contributed by atoms with Crippen molar-refractivity contribution in [2.75, 3.05) is 6.54 Å². The summed E-state index contributed by atoms with van der Waals surface area (Å²) in [6, 6.07) is 8.30. The molecule has 1 amide bonds. The van der Waals surface area contributed by atoms with Gasteiger partial charge in [0.1, 0.15) is 9.88 Å². The Morgan fingerprint density at radius 3 is 2.92 bits per heavy atom. The smallest absolute Gasteiger partial charge is 0.266 e. The van der Waals surface area contributed by atoms with E-state index in [-0.39, 0.29) is 11.9 Å². The molecule has 1 fully saturated rings. The number of nitrogens with zero attached hydrogens (tertiary/aromatic N) is 3. The molecular formula is C20H23N3OS2. The van der Waals surface area contributed by atoms with Crippen LogP contribution in [-0.2, 0) is 6.42 Å². The molecule has 1 aliphatic heterocycles. The quantitative estimate of drug-likeness (QED) is 0.592. The zero-order chi connectivity index (χ0) is 18.1. The van der Waals surface area contributed by atoms with Gasteiger partial charge in [-0.1, -0.05) is 25.5 Å². The first-order valence-electron chi connectivity index (χ1n) is 9.30. The maximum absolute atomic E-state index is 13.2. The van der Waals surface area contributed by atoms with Crippen LogP contribution in [0.1, 0.15) is 64.0 Å². The Hall–Kier alpha value is -1.79. The molecule has 26 heavy (non-hydrogen) atoms. The highest BCUT2D eigenvalue weighted by Gasteiger charge is 2.34. The van der Waals surface area contributed by atoms with Crippen LogP contribution in [0.15, 0.2) is 24.3 Å². The van der Waals surface area contributed by atoms with Crippen molar-refractivity contribution >= 4 is 38.8 Å². The van der Waals surface area contributed by atoms with E-state index in [1.165, 1.54) is 4.70 Å². The summed E-state index contributed by atoms with van der Waals surface area (Å²) in [5.74, 6) is 0.129. The van der Waals surface area contributed by atoms with Crippen molar-refractivity contribution in [1.29, 1.82) is 0 Å². The number of thiazole rings is 2. The summed E-state index contributed by atoms with van der Waals surface area (Å²) < 4.78 is 1.19. The van der Waals surface area contributed by atoms with Crippen molar-refractivity contribution in [3.63, 3.8) is 0 Å². The molecule has 4 rings (SSSR count). The average Bonchev–Trinajstić information content (AvgIpc) is 3.36. The Bertz CT molecular complexity index is 897. The number of carbonyl (C=O) groups excluding carboxylic acids is 1. The molecule has 136 valence electrons. The molecule has 0 N–H and O–H groups in total. The number of benzene rings is 1. The Labute approximate surface area is 161 Å². The Morgan fingerprint density at radius 2 is 2.12 bits per heavy atom. The van der Waals surface area contributed by atoms with Crippen LogP contribution in [0.2, 0.25) is 0 Å². The van der Waals surface area contributed by atoms with Crippen LogP contribution in [-0.4, -0.2) is 27.3 Å². The summed E-state index contributed by atoms with van der Waals surface area (Å²) in [4.78, 5) is 25.5. The number of hydrogen-bond donors (Lipinski definition) is 0. The first-order valence-corrected chi connectivity index (χ1v) is 10.9. The summed E-state index contributed by atoms with van der Waals surface area (Å²) in [7, 11) is 0. The number of hydrogen-bond acceptors (Lipinski definition) is 5. The standard InChI is InChI=1S/C20H23N3OS2/c1-3-4-11-17-21-13(2)18(26-17)20(24)23-12-7-9-15(23)19-22-14-8-5-6-10-16(14)25-19/h5-6,8,10,15H,3-4,7,9,11-12H2,1-2H3. The monoisotopic (exact) mass is 385 g/mol. The molecule has 1 saturated heterocycles. The molecule has 1 aromatic carbocycles. The molecule has 0 spiro atoms. The van der Waals surface area contributed by atoms with Gasteiger partial charge >= 0.3 is 0 Å². The number of carbonyl (C=O) groups is 1. The predicted molar refractivity (Wildman–Crippen MR) is 108 cm³/mol. The van der Waals surface area contributed by atoms with E-state index >= 15 is 0 Å². The number of fused-ring (bicyclic) bond motifs is 1. The van der Waals surface area contributed by atoms with Gasteiger partial charge in [-0.25, -0.2) is 9.97 Å². The van der Waals surface area contributed by atoms with Crippen LogP contribution in [0.4, 0.5) is 0 Å². The topological polar surface area (TPSA) is 46.1 Å². The van der Waals surface area contributed by atoms with Crippen molar-refractivity contribution in [1.82, 2.24) is 14.9 Å². The van der Waals surface area contributed by atoms with Crippen LogP contribution < -0.4 is 0 Å². The third kappa shape index (κ3) is 3.28. The summed E-state index contributed by atoms with van der Waals surface area (Å²) in [5, 5.41) is 2.15. The molecule has 1 atom stereocenters. The number of amides is 1. The molecule has 0 radical (unpaired) electrons. The van der Waals surface area contributed by atoms with E-state index < -0.39 is 0 Å². The van der Waals surface area contributed by atoms with Gasteiger partial charge in [-0.2, -0.15) is 0 Å². The molecule has 1 unspecified atom stereocenters. The molecule has 3 heterocycles. The third-order valence-corrected chi connectivity index (χ3v) is 7.23. The minimum Gasteiger partial charge on any atom is -0.328 e. The molecule has 4 nitrogen and oxygen atoms in total. The maximum atomic E-state index is 13.2. The second-order valence-electron chi connectivity index (χ2n) is 6.80. The molecule has 6 heteroatoms. The van der Waals surface area contributed by atoms with Gasteiger partial charge in [0, 0.05) is 6.54 Å². The van der Waals surface area contributed by atoms with Gasteiger partial charge in [-0.05, 0) is 44.7 Å². The minimum absolute atomic E-state index is 0.0977. The van der Waals surface area contributed by atoms with Crippen LogP contribution in [0.5, 0.6) is 0 Å². The average molecular weight is 386 g/mol. The number of aromatic nitrogens is 2. The molecule has 0 bridgehead atoms. The fourth-order valence-electron chi connectivity index (χ4n) is 3.52. The number of para-hydroxylation sites is 1. The summed E-state index contributed by atoms with van der Waals surface area (Å²) in [5.41, 5.74) is 1.91. The van der Waals surface area contributed by atoms with Gasteiger partial charge < -0.3 is 4.90 Å². The van der Waals surface area contributed by atoms with Gasteiger partial charge in [0.25, 0.3) is 5.91 Å². The van der Waals surface area contributed by atoms with Crippen molar-refractivity contribution in [2.24, 2.45) is 0 Å². The number of likely N-dealkylation sites (tertiary alicyclic amines) is 1. The number of aryl methyl sites for hydroxylation is 2. The molecule has 0 aliphatic carbocycles. The van der Waals surface area contributed by atoms with Gasteiger partial charge in [0.05, 0.1) is 27.0 Å². The molecule has 3 aromatic rings. The van der Waals surface area contributed by atoms with E-state index in [9.17, 15) is 4.79 Å². The molecule has 1 aliphatic rings. The van der Waals surface area contributed by atoms with Crippen molar-refractivity contribution < 1.29 is 4.79 Å². The number of unbranched alkanes of at least 4 members (excludes halogenated alkanes) is 1. The lowest BCUT2D eigenvalue weighted by Crippen LogP contribution is -2.30. The second-order valence-corrected chi connectivity index (χ2v) is 8.95. The third-order valence-electron chi connectivity index (χ3n) is 4.89. The zero-order valence-electron chi connectivity index (χ0n) is 15.2. The van der Waals surface area contributed by atoms with Crippen LogP contribution in [0.25, 0.3) is 10.2 Å². The van der Waals surface area contributed by atoms with Gasteiger partial charge in [-0.15, -0.1) is 22.7 Å². The van der Waals surface area contributed by atoms with Crippen molar-refractivity contribution in [3.8, 4) is 0 Å². The maximum Gasteiger partial charge on any atom is 0.266 e. The Balaban J connectivity index is 1.60. The van der Waals surface area contributed by atoms with E-state index in [2.05, 4.69) is 18.0 Å². The minimum atomic E-state index is 0.0977. The van der Waals surface area contributed by atoms with E-state index in [1.807, 2.05) is 30.0 Å². The molecular weight excluding hydrogens is 362 g/mol. The van der Waals surface area contributed by atoms with Gasteiger partial charge in [-0.3, -0.25) is 4.79 Å². The first kappa shape index (κ1) is 17.6. The Morgan fingerprint density at radius 1 is 1.27 bits per heavy atom. The van der Waals surface area contributed by atoms with E-state index in [0.717, 1.165) is 64.8 Å². The first-order chi connectivity index (χ1) is 12.7. The lowest BCUT2D eigenvalue weighted by atomic mass is 10.2. The van der Waals surface area contributed by atoms with Gasteiger partial charge in [0.2, 0.25) is 0 Å². The van der Waals surface area contributed by atoms with Gasteiger partial charge in [0.15, 0.2) is 0 Å². The highest BCUT2D eigenvalue weighted by atomic mass is 32.1. The highest BCUT2D eigenvalue weighted by Crippen LogP contribution is 2.38. The summed E-state index contributed by atoms with van der Waals surface area (Å²) in [6.45, 7) is 4.95. The predicted octanol–water partition coefficient (Wildman–Crippen LogP) is 5.38. The van der Waals surface area contributed by atoms with Crippen molar-refractivity contribution in [3.05, 3.63) is 44.9 Å². The lowest BCUT2D eigenvalue weighted by Gasteiger charge is -2.22. The lowest BCUT2D eigenvalue weighted by molar-refractivity contribution is 0.0739. The van der Waals surface area contributed by atoms with E-state index in [0.29, 0.717) is 0 Å². The molecule has 0 saturated carbocycles. The normalized spacial score (nSPS) is 17.3. The van der Waals surface area contributed by atoms with Crippen molar-refractivity contribution in [2.45, 2.75) is 52.0 Å². The largest absolute Gasteiger partial charge is 0.328 e. The number of rotatable bonds is 5. The van der Waals surface area contributed by atoms with Crippen LogP contribution in [0, 0.1) is 6.92 Å². The fourth-order valence-corrected chi connectivity index (χ4v) is 5.69. The highest BCUT2D eigenvalue weighted by molar-refractivity contribution is 7.18. The summed E-state index contributed by atoms with van der Waals surface area (Å²) >= 11 is 3.29. The molecule has 2 aromatic heterocycles. The fraction of sp³-hybridized carbons (Fsp3) is 0.450. The zero-order valence-corrected chi connectivity index (χ0v) is 16.8.